The quantitative estimate of drug-likeness (QED) is 0.264. The minimum atomic E-state index is -0.699. The number of anilines is 2. The number of carbonyl (C=O) groups is 3. The molecule has 5 atom stereocenters. The smallest absolute Gasteiger partial charge is 0.251 e. The molecule has 2 bridgehead atoms. The molecule has 3 fully saturated rings. The highest BCUT2D eigenvalue weighted by Gasteiger charge is 2.77. The third-order valence-corrected chi connectivity index (χ3v) is 11.2. The van der Waals surface area contributed by atoms with Crippen LogP contribution in [0.25, 0.3) is 0 Å². The number of benzene rings is 1. The molecular weight excluding hydrogens is 536 g/mol. The van der Waals surface area contributed by atoms with E-state index in [9.17, 15) is 19.5 Å². The summed E-state index contributed by atoms with van der Waals surface area (Å²) < 4.78 is -1.10. The Bertz CT molecular complexity index is 1150. The highest BCUT2D eigenvalue weighted by molar-refractivity contribution is 8.02. The standard InChI is InChI=1S/C32H46N4O4S/c1-7-19-33(6)28(38)25-26-29(39)36(21-11-12-22-37)27(32(26)18-17-31(25,5)41-32)30(40)35(20-8-2)24-15-13-23(14-16-24)34(9-3)10-4/h7-8,13-16,25-27,37H,1-2,9-12,17-22H2,3-6H3/t25-,26+,27?,31+,32?/m1/s1. The molecule has 3 aliphatic heterocycles. The molecule has 8 nitrogen and oxygen atoms in total. The Labute approximate surface area is 249 Å². The van der Waals surface area contributed by atoms with Gasteiger partial charge in [-0.3, -0.25) is 14.4 Å². The Hall–Kier alpha value is -2.78. The monoisotopic (exact) mass is 582 g/mol. The average molecular weight is 583 g/mol. The Balaban J connectivity index is 1.75. The van der Waals surface area contributed by atoms with Gasteiger partial charge in [0.1, 0.15) is 6.04 Å². The van der Waals surface area contributed by atoms with E-state index in [2.05, 4.69) is 38.8 Å². The van der Waals surface area contributed by atoms with Gasteiger partial charge in [0.25, 0.3) is 5.91 Å². The second kappa shape index (κ2) is 12.6. The average Bonchev–Trinajstić information content (AvgIpc) is 3.53. The van der Waals surface area contributed by atoms with E-state index in [0.29, 0.717) is 38.9 Å². The van der Waals surface area contributed by atoms with Gasteiger partial charge in [-0.15, -0.1) is 24.9 Å². The van der Waals surface area contributed by atoms with Crippen LogP contribution in [0.5, 0.6) is 0 Å². The number of unbranched alkanes of at least 4 members (excludes halogenated alkanes) is 1. The van der Waals surface area contributed by atoms with Crippen molar-refractivity contribution in [2.75, 3.05) is 56.2 Å². The van der Waals surface area contributed by atoms with Gasteiger partial charge in [0.2, 0.25) is 11.8 Å². The molecule has 41 heavy (non-hydrogen) atoms. The molecule has 1 N–H and O–H groups in total. The van der Waals surface area contributed by atoms with Crippen LogP contribution in [0.15, 0.2) is 49.6 Å². The van der Waals surface area contributed by atoms with Gasteiger partial charge in [-0.1, -0.05) is 12.2 Å². The zero-order valence-corrected chi connectivity index (χ0v) is 25.9. The van der Waals surface area contributed by atoms with E-state index in [-0.39, 0.29) is 24.3 Å². The molecule has 224 valence electrons. The summed E-state index contributed by atoms with van der Waals surface area (Å²) in [7, 11) is 1.76. The first-order valence-electron chi connectivity index (χ1n) is 14.9. The van der Waals surface area contributed by atoms with E-state index in [0.717, 1.165) is 30.9 Å². The van der Waals surface area contributed by atoms with Gasteiger partial charge in [0.15, 0.2) is 0 Å². The first kappa shape index (κ1) is 31.2. The maximum Gasteiger partial charge on any atom is 0.251 e. The van der Waals surface area contributed by atoms with Crippen LogP contribution in [0.3, 0.4) is 0 Å². The minimum Gasteiger partial charge on any atom is -0.396 e. The second-order valence-electron chi connectivity index (χ2n) is 11.6. The van der Waals surface area contributed by atoms with Crippen LogP contribution in [0, 0.1) is 11.8 Å². The minimum absolute atomic E-state index is 0.0248. The van der Waals surface area contributed by atoms with E-state index >= 15 is 0 Å². The first-order chi connectivity index (χ1) is 19.6. The number of thioether (sulfide) groups is 1. The fourth-order valence-electron chi connectivity index (χ4n) is 7.27. The van der Waals surface area contributed by atoms with Crippen LogP contribution in [0.1, 0.15) is 46.5 Å². The van der Waals surface area contributed by atoms with Crippen molar-refractivity contribution < 1.29 is 19.5 Å². The second-order valence-corrected chi connectivity index (χ2v) is 13.5. The number of likely N-dealkylation sites (N-methyl/N-ethyl adjacent to an activating group) is 1. The molecule has 0 aromatic heterocycles. The van der Waals surface area contributed by atoms with Gasteiger partial charge in [-0.2, -0.15) is 0 Å². The number of aliphatic hydroxyl groups is 1. The van der Waals surface area contributed by atoms with Crippen molar-refractivity contribution in [2.45, 2.75) is 62.0 Å². The molecular formula is C32H46N4O4S. The topological polar surface area (TPSA) is 84.4 Å². The number of hydrogen-bond donors (Lipinski definition) is 1. The molecule has 4 rings (SSSR count). The van der Waals surface area contributed by atoms with Gasteiger partial charge in [-0.25, -0.2) is 0 Å². The number of fused-ring (bicyclic) bond motifs is 1. The zero-order chi connectivity index (χ0) is 29.9. The van der Waals surface area contributed by atoms with Crippen molar-refractivity contribution in [3.8, 4) is 0 Å². The summed E-state index contributed by atoms with van der Waals surface area (Å²) in [6.07, 6.45) is 6.02. The predicted octanol–water partition coefficient (Wildman–Crippen LogP) is 3.95. The summed E-state index contributed by atoms with van der Waals surface area (Å²) in [6, 6.07) is 7.30. The zero-order valence-electron chi connectivity index (χ0n) is 25.1. The summed E-state index contributed by atoms with van der Waals surface area (Å²) >= 11 is 1.68. The van der Waals surface area contributed by atoms with Crippen LogP contribution in [0.4, 0.5) is 11.4 Å². The number of carbonyl (C=O) groups excluding carboxylic acids is 3. The summed E-state index contributed by atoms with van der Waals surface area (Å²) in [4.78, 5) is 50.2. The van der Waals surface area contributed by atoms with Crippen molar-refractivity contribution in [1.29, 1.82) is 0 Å². The molecule has 3 amide bonds. The van der Waals surface area contributed by atoms with Crippen molar-refractivity contribution in [3.63, 3.8) is 0 Å². The van der Waals surface area contributed by atoms with Crippen LogP contribution in [-0.2, 0) is 14.4 Å². The van der Waals surface area contributed by atoms with Crippen LogP contribution < -0.4 is 9.80 Å². The highest BCUT2D eigenvalue weighted by Crippen LogP contribution is 2.71. The fraction of sp³-hybridized carbons (Fsp3) is 0.594. The molecule has 3 heterocycles. The lowest BCUT2D eigenvalue weighted by Gasteiger charge is -2.38. The molecule has 3 saturated heterocycles. The molecule has 0 aliphatic carbocycles. The fourth-order valence-corrected chi connectivity index (χ4v) is 9.61. The SMILES string of the molecule is C=CCN(C)C(=O)[C@H]1[C@H]2C(=O)N(CCCCO)C(C(=O)N(CC=C)c3ccc(N(CC)CC)cc3)C23CC[C@]1(C)S3. The number of rotatable bonds is 14. The van der Waals surface area contributed by atoms with E-state index in [4.69, 9.17) is 0 Å². The lowest BCUT2D eigenvalue weighted by molar-refractivity contribution is -0.144. The maximum absolute atomic E-state index is 14.7. The van der Waals surface area contributed by atoms with Gasteiger partial charge in [0, 0.05) is 62.5 Å². The van der Waals surface area contributed by atoms with Gasteiger partial charge < -0.3 is 24.7 Å². The normalized spacial score (nSPS) is 28.0. The molecule has 1 aromatic rings. The van der Waals surface area contributed by atoms with Crippen molar-refractivity contribution in [3.05, 3.63) is 49.6 Å². The largest absolute Gasteiger partial charge is 0.396 e. The third kappa shape index (κ3) is 5.31. The summed E-state index contributed by atoms with van der Waals surface area (Å²) in [5, 5.41) is 9.45. The van der Waals surface area contributed by atoms with Crippen molar-refractivity contribution >= 4 is 40.9 Å². The maximum atomic E-state index is 14.7. The predicted molar refractivity (Wildman–Crippen MR) is 167 cm³/mol. The number of hydrogen-bond acceptors (Lipinski definition) is 6. The van der Waals surface area contributed by atoms with E-state index in [1.165, 1.54) is 0 Å². The Morgan fingerprint density at radius 1 is 1.05 bits per heavy atom. The molecule has 0 saturated carbocycles. The van der Waals surface area contributed by atoms with Gasteiger partial charge in [-0.05, 0) is 70.7 Å². The van der Waals surface area contributed by atoms with Crippen LogP contribution in [-0.4, -0.2) is 94.5 Å². The molecule has 3 aliphatic rings. The van der Waals surface area contributed by atoms with E-state index in [1.807, 2.05) is 24.3 Å². The lowest BCUT2D eigenvalue weighted by Crippen LogP contribution is -2.55. The molecule has 0 radical (unpaired) electrons. The third-order valence-electron chi connectivity index (χ3n) is 9.23. The lowest BCUT2D eigenvalue weighted by atomic mass is 9.66. The highest BCUT2D eigenvalue weighted by atomic mass is 32.2. The van der Waals surface area contributed by atoms with Crippen molar-refractivity contribution in [1.82, 2.24) is 9.80 Å². The van der Waals surface area contributed by atoms with Gasteiger partial charge >= 0.3 is 0 Å². The summed E-state index contributed by atoms with van der Waals surface area (Å²) in [5.74, 6) is -1.37. The number of nitrogens with zero attached hydrogens (tertiary/aromatic N) is 4. The molecule has 1 spiro atoms. The van der Waals surface area contributed by atoms with E-state index in [1.54, 1.807) is 45.7 Å². The first-order valence-corrected chi connectivity index (χ1v) is 15.7. The summed E-state index contributed by atoms with van der Waals surface area (Å²) in [5.41, 5.74) is 1.85. The Morgan fingerprint density at radius 3 is 2.27 bits per heavy atom. The molecule has 9 heteroatoms. The van der Waals surface area contributed by atoms with Crippen LogP contribution in [0.2, 0.25) is 0 Å². The summed E-state index contributed by atoms with van der Waals surface area (Å²) in [6.45, 7) is 16.9. The number of likely N-dealkylation sites (tertiary alicyclic amines) is 1. The number of amides is 3. The van der Waals surface area contributed by atoms with Crippen molar-refractivity contribution in [2.24, 2.45) is 11.8 Å². The van der Waals surface area contributed by atoms with E-state index < -0.39 is 27.4 Å². The Kier molecular flexibility index (Phi) is 9.59. The molecule has 2 unspecified atom stereocenters. The molecule has 1 aromatic carbocycles. The van der Waals surface area contributed by atoms with Gasteiger partial charge in [0.05, 0.1) is 16.6 Å². The van der Waals surface area contributed by atoms with Crippen LogP contribution >= 0.6 is 11.8 Å². The number of aliphatic hydroxyl groups excluding tert-OH is 1. The Morgan fingerprint density at radius 2 is 1.68 bits per heavy atom.